The summed E-state index contributed by atoms with van der Waals surface area (Å²) in [6.07, 6.45) is 1.55. The number of H-pyrrole nitrogens is 1. The topological polar surface area (TPSA) is 101 Å². The lowest BCUT2D eigenvalue weighted by atomic mass is 10.1. The minimum absolute atomic E-state index is 0.0138. The standard InChI is InChI=1S/C14H9ClN4O3/c15-11-5-4-8(6-13(11)19(21)22)17-14(20)9-2-1-3-12-10(9)7-16-18-12/h1-7H,(H,16,18)(H,17,20). The average Bonchev–Trinajstić information content (AvgIpc) is 2.97. The Labute approximate surface area is 129 Å². The lowest BCUT2D eigenvalue weighted by Gasteiger charge is -2.06. The third-order valence-electron chi connectivity index (χ3n) is 3.13. The summed E-state index contributed by atoms with van der Waals surface area (Å²) in [5, 5.41) is 20.8. The van der Waals surface area contributed by atoms with Gasteiger partial charge in [0.1, 0.15) is 5.02 Å². The number of aromatic amines is 1. The second-order valence-corrected chi connectivity index (χ2v) is 4.92. The van der Waals surface area contributed by atoms with Crippen LogP contribution in [0.3, 0.4) is 0 Å². The van der Waals surface area contributed by atoms with Crippen LogP contribution in [0.2, 0.25) is 5.02 Å². The maximum absolute atomic E-state index is 12.3. The smallest absolute Gasteiger partial charge is 0.289 e. The molecular weight excluding hydrogens is 308 g/mol. The fourth-order valence-electron chi connectivity index (χ4n) is 2.09. The molecule has 3 rings (SSSR count). The summed E-state index contributed by atoms with van der Waals surface area (Å²) in [5.74, 6) is -0.386. The molecule has 1 amide bonds. The summed E-state index contributed by atoms with van der Waals surface area (Å²) in [7, 11) is 0. The molecule has 110 valence electrons. The summed E-state index contributed by atoms with van der Waals surface area (Å²) in [5.41, 5.74) is 1.18. The normalized spacial score (nSPS) is 10.6. The number of rotatable bonds is 3. The summed E-state index contributed by atoms with van der Waals surface area (Å²) in [4.78, 5) is 22.6. The van der Waals surface area contributed by atoms with Gasteiger partial charge in [0.05, 0.1) is 22.2 Å². The largest absolute Gasteiger partial charge is 0.322 e. The van der Waals surface area contributed by atoms with Crippen LogP contribution in [0.15, 0.2) is 42.6 Å². The zero-order valence-electron chi connectivity index (χ0n) is 11.0. The van der Waals surface area contributed by atoms with Crippen LogP contribution in [0.1, 0.15) is 10.4 Å². The van der Waals surface area contributed by atoms with Crippen molar-refractivity contribution in [3.63, 3.8) is 0 Å². The number of hydrogen-bond acceptors (Lipinski definition) is 4. The molecule has 7 nitrogen and oxygen atoms in total. The molecule has 0 bridgehead atoms. The highest BCUT2D eigenvalue weighted by molar-refractivity contribution is 6.32. The van der Waals surface area contributed by atoms with E-state index in [4.69, 9.17) is 11.6 Å². The van der Waals surface area contributed by atoms with Gasteiger partial charge in [0.25, 0.3) is 11.6 Å². The number of nitrogens with zero attached hydrogens (tertiary/aromatic N) is 2. The molecule has 0 aliphatic heterocycles. The molecule has 1 aromatic heterocycles. The number of nitro benzene ring substituents is 1. The number of benzene rings is 2. The molecular formula is C14H9ClN4O3. The second kappa shape index (κ2) is 5.45. The number of halogens is 1. The third-order valence-corrected chi connectivity index (χ3v) is 3.45. The molecule has 0 radical (unpaired) electrons. The van der Waals surface area contributed by atoms with Gasteiger partial charge >= 0.3 is 0 Å². The Bertz CT molecular complexity index is 891. The number of carbonyl (C=O) groups is 1. The van der Waals surface area contributed by atoms with E-state index in [2.05, 4.69) is 15.5 Å². The first-order valence-electron chi connectivity index (χ1n) is 6.23. The average molecular weight is 317 g/mol. The van der Waals surface area contributed by atoms with Crippen LogP contribution >= 0.6 is 11.6 Å². The zero-order chi connectivity index (χ0) is 15.7. The van der Waals surface area contributed by atoms with Crippen molar-refractivity contribution in [2.24, 2.45) is 0 Å². The molecule has 8 heteroatoms. The van der Waals surface area contributed by atoms with E-state index < -0.39 is 4.92 Å². The maximum atomic E-state index is 12.3. The van der Waals surface area contributed by atoms with Gasteiger partial charge in [0, 0.05) is 17.1 Å². The van der Waals surface area contributed by atoms with Gasteiger partial charge in [-0.05, 0) is 24.3 Å². The minimum Gasteiger partial charge on any atom is -0.322 e. The molecule has 0 saturated heterocycles. The number of aromatic nitrogens is 2. The molecule has 0 unspecified atom stereocenters. The Balaban J connectivity index is 1.93. The van der Waals surface area contributed by atoms with Crippen molar-refractivity contribution >= 4 is 39.8 Å². The Morgan fingerprint density at radius 1 is 1.32 bits per heavy atom. The van der Waals surface area contributed by atoms with Crippen LogP contribution in [0.25, 0.3) is 10.9 Å². The van der Waals surface area contributed by atoms with Crippen LogP contribution in [-0.4, -0.2) is 21.0 Å². The molecule has 2 aromatic carbocycles. The molecule has 1 heterocycles. The highest BCUT2D eigenvalue weighted by Crippen LogP contribution is 2.28. The van der Waals surface area contributed by atoms with Crippen molar-refractivity contribution in [3.05, 3.63) is 63.3 Å². The molecule has 0 saturated carbocycles. The Kier molecular flexibility index (Phi) is 3.48. The predicted octanol–water partition coefficient (Wildman–Crippen LogP) is 3.38. The van der Waals surface area contributed by atoms with Gasteiger partial charge in [-0.1, -0.05) is 17.7 Å². The Hall–Kier alpha value is -2.93. The first-order chi connectivity index (χ1) is 10.6. The number of anilines is 1. The monoisotopic (exact) mass is 316 g/mol. The number of nitrogens with one attached hydrogen (secondary N) is 2. The zero-order valence-corrected chi connectivity index (χ0v) is 11.8. The lowest BCUT2D eigenvalue weighted by Crippen LogP contribution is -2.12. The molecule has 0 spiro atoms. The summed E-state index contributed by atoms with van der Waals surface area (Å²) in [6.45, 7) is 0. The van der Waals surface area contributed by atoms with E-state index in [0.717, 1.165) is 5.52 Å². The van der Waals surface area contributed by atoms with E-state index in [-0.39, 0.29) is 16.6 Å². The van der Waals surface area contributed by atoms with Gasteiger partial charge in [0.15, 0.2) is 0 Å². The van der Waals surface area contributed by atoms with Crippen LogP contribution in [-0.2, 0) is 0 Å². The number of amides is 1. The van der Waals surface area contributed by atoms with E-state index >= 15 is 0 Å². The summed E-state index contributed by atoms with van der Waals surface area (Å²) < 4.78 is 0. The van der Waals surface area contributed by atoms with Crippen molar-refractivity contribution in [2.45, 2.75) is 0 Å². The Morgan fingerprint density at radius 3 is 2.91 bits per heavy atom. The van der Waals surface area contributed by atoms with Gasteiger partial charge < -0.3 is 5.32 Å². The van der Waals surface area contributed by atoms with E-state index in [1.807, 2.05) is 0 Å². The van der Waals surface area contributed by atoms with E-state index in [9.17, 15) is 14.9 Å². The van der Waals surface area contributed by atoms with Gasteiger partial charge in [-0.25, -0.2) is 0 Å². The van der Waals surface area contributed by atoms with Crippen molar-refractivity contribution in [2.75, 3.05) is 5.32 Å². The van der Waals surface area contributed by atoms with Gasteiger partial charge in [-0.15, -0.1) is 0 Å². The minimum atomic E-state index is -0.602. The fraction of sp³-hybridized carbons (Fsp3) is 0. The van der Waals surface area contributed by atoms with Crippen LogP contribution < -0.4 is 5.32 Å². The summed E-state index contributed by atoms with van der Waals surface area (Å²) >= 11 is 5.74. The fourth-order valence-corrected chi connectivity index (χ4v) is 2.28. The highest BCUT2D eigenvalue weighted by atomic mass is 35.5. The number of hydrogen-bond donors (Lipinski definition) is 2. The van der Waals surface area contributed by atoms with Crippen molar-refractivity contribution < 1.29 is 9.72 Å². The first kappa shape index (κ1) is 14.0. The molecule has 2 N–H and O–H groups in total. The van der Waals surface area contributed by atoms with Crippen LogP contribution in [0.4, 0.5) is 11.4 Å². The van der Waals surface area contributed by atoms with Crippen molar-refractivity contribution in [1.82, 2.24) is 10.2 Å². The molecule has 22 heavy (non-hydrogen) atoms. The van der Waals surface area contributed by atoms with Crippen LogP contribution in [0, 0.1) is 10.1 Å². The van der Waals surface area contributed by atoms with Gasteiger partial charge in [-0.3, -0.25) is 20.0 Å². The predicted molar refractivity (Wildman–Crippen MR) is 82.2 cm³/mol. The summed E-state index contributed by atoms with van der Waals surface area (Å²) in [6, 6.07) is 9.26. The van der Waals surface area contributed by atoms with Gasteiger partial charge in [-0.2, -0.15) is 5.10 Å². The molecule has 0 aliphatic rings. The number of fused-ring (bicyclic) bond motifs is 1. The molecule has 0 fully saturated rings. The number of nitro groups is 1. The maximum Gasteiger partial charge on any atom is 0.289 e. The van der Waals surface area contributed by atoms with E-state index in [1.54, 1.807) is 24.4 Å². The van der Waals surface area contributed by atoms with E-state index in [0.29, 0.717) is 16.6 Å². The van der Waals surface area contributed by atoms with Crippen molar-refractivity contribution in [1.29, 1.82) is 0 Å². The first-order valence-corrected chi connectivity index (χ1v) is 6.61. The van der Waals surface area contributed by atoms with Gasteiger partial charge in [0.2, 0.25) is 0 Å². The Morgan fingerprint density at radius 2 is 2.14 bits per heavy atom. The molecule has 0 aliphatic carbocycles. The number of carbonyl (C=O) groups excluding carboxylic acids is 1. The van der Waals surface area contributed by atoms with Crippen LogP contribution in [0.5, 0.6) is 0 Å². The third kappa shape index (κ3) is 2.49. The van der Waals surface area contributed by atoms with Crippen molar-refractivity contribution in [3.8, 4) is 0 Å². The second-order valence-electron chi connectivity index (χ2n) is 4.51. The highest BCUT2D eigenvalue weighted by Gasteiger charge is 2.16. The SMILES string of the molecule is O=C(Nc1ccc(Cl)c([N+](=O)[O-])c1)c1cccc2[nH]ncc12. The van der Waals surface area contributed by atoms with E-state index in [1.165, 1.54) is 18.2 Å². The molecule has 3 aromatic rings. The lowest BCUT2D eigenvalue weighted by molar-refractivity contribution is -0.384. The molecule has 0 atom stereocenters. The quantitative estimate of drug-likeness (QED) is 0.571.